The third-order valence-corrected chi connectivity index (χ3v) is 5.80. The molecule has 4 aromatic rings. The fourth-order valence-corrected chi connectivity index (χ4v) is 3.90. The number of anilines is 1. The van der Waals surface area contributed by atoms with Gasteiger partial charge in [0.15, 0.2) is 0 Å². The maximum absolute atomic E-state index is 12.7. The van der Waals surface area contributed by atoms with Crippen molar-refractivity contribution in [3.05, 3.63) is 87.6 Å². The molecule has 1 heterocycles. The summed E-state index contributed by atoms with van der Waals surface area (Å²) in [6.45, 7) is 1.78. The van der Waals surface area contributed by atoms with E-state index in [2.05, 4.69) is 5.32 Å². The fourth-order valence-electron chi connectivity index (χ4n) is 3.71. The number of nitrogens with zero attached hydrogens (tertiary/aromatic N) is 1. The highest BCUT2D eigenvalue weighted by molar-refractivity contribution is 6.32. The summed E-state index contributed by atoms with van der Waals surface area (Å²) < 4.78 is 16.5. The van der Waals surface area contributed by atoms with E-state index in [0.717, 1.165) is 22.3 Å². The Labute approximate surface area is 205 Å². The Kier molecular flexibility index (Phi) is 6.75. The molecule has 178 valence electrons. The molecule has 1 aromatic heterocycles. The Hall–Kier alpha value is -4.30. The number of fused-ring (bicyclic) bond motifs is 1. The van der Waals surface area contributed by atoms with Crippen molar-refractivity contribution in [2.24, 2.45) is 0 Å². The molecule has 0 spiro atoms. The minimum atomic E-state index is -0.607. The molecular formula is C26H21ClN2O6. The van der Waals surface area contributed by atoms with Crippen molar-refractivity contribution in [2.75, 3.05) is 19.5 Å². The molecule has 0 bridgehead atoms. The first-order chi connectivity index (χ1) is 16.8. The minimum Gasteiger partial charge on any atom is -0.497 e. The van der Waals surface area contributed by atoms with Gasteiger partial charge in [-0.25, -0.2) is 0 Å². The first kappa shape index (κ1) is 23.8. The van der Waals surface area contributed by atoms with Gasteiger partial charge in [-0.15, -0.1) is 0 Å². The first-order valence-electron chi connectivity index (χ1n) is 10.5. The molecule has 8 nitrogen and oxygen atoms in total. The smallest absolute Gasteiger partial charge is 0.289 e. The predicted molar refractivity (Wildman–Crippen MR) is 135 cm³/mol. The Bertz CT molecular complexity index is 1460. The van der Waals surface area contributed by atoms with Gasteiger partial charge < -0.3 is 19.2 Å². The van der Waals surface area contributed by atoms with E-state index in [0.29, 0.717) is 22.5 Å². The number of halogens is 1. The standard InChI is InChI=1S/C26H21ClN2O6/c1-15(10-26(30)28-17-6-9-22(27)23(11-17)29(31)32)19-12-20-21(14-35-25(20)13-24(19)34-3)16-4-7-18(33-2)8-5-16/h4-14H,1-3H3,(H,28,30)/b15-10+. The van der Waals surface area contributed by atoms with E-state index in [9.17, 15) is 14.9 Å². The SMILES string of the molecule is COc1ccc(-c2coc3cc(OC)c(/C(C)=C/C(=O)Nc4ccc(Cl)c([N+](=O)[O-])c4)cc23)cc1. The maximum atomic E-state index is 12.7. The van der Waals surface area contributed by atoms with E-state index in [4.69, 9.17) is 25.5 Å². The highest BCUT2D eigenvalue weighted by Crippen LogP contribution is 2.38. The first-order valence-corrected chi connectivity index (χ1v) is 10.9. The maximum Gasteiger partial charge on any atom is 0.289 e. The lowest BCUT2D eigenvalue weighted by Gasteiger charge is -2.10. The van der Waals surface area contributed by atoms with Crippen LogP contribution in [0.3, 0.4) is 0 Å². The van der Waals surface area contributed by atoms with Gasteiger partial charge in [-0.05, 0) is 48.4 Å². The molecule has 0 saturated heterocycles. The second kappa shape index (κ2) is 9.90. The van der Waals surface area contributed by atoms with Crippen molar-refractivity contribution >= 4 is 45.4 Å². The number of nitrogens with one attached hydrogen (secondary N) is 1. The number of ether oxygens (including phenoxy) is 2. The van der Waals surface area contributed by atoms with E-state index in [1.54, 1.807) is 26.4 Å². The highest BCUT2D eigenvalue weighted by Gasteiger charge is 2.16. The van der Waals surface area contributed by atoms with Crippen LogP contribution in [0.2, 0.25) is 5.02 Å². The van der Waals surface area contributed by atoms with Crippen LogP contribution in [0.5, 0.6) is 11.5 Å². The van der Waals surface area contributed by atoms with Gasteiger partial charge in [0.05, 0.1) is 25.4 Å². The van der Waals surface area contributed by atoms with Gasteiger partial charge in [0.1, 0.15) is 22.1 Å². The average molecular weight is 493 g/mol. The number of carbonyl (C=O) groups excluding carboxylic acids is 1. The Morgan fingerprint density at radius 1 is 1.09 bits per heavy atom. The van der Waals surface area contributed by atoms with Crippen LogP contribution in [0.15, 0.2) is 71.4 Å². The lowest BCUT2D eigenvalue weighted by atomic mass is 9.99. The molecule has 3 aromatic carbocycles. The summed E-state index contributed by atoms with van der Waals surface area (Å²) >= 11 is 5.84. The molecule has 0 fully saturated rings. The molecule has 35 heavy (non-hydrogen) atoms. The van der Waals surface area contributed by atoms with Crippen molar-refractivity contribution in [1.29, 1.82) is 0 Å². The lowest BCUT2D eigenvalue weighted by molar-refractivity contribution is -0.384. The summed E-state index contributed by atoms with van der Waals surface area (Å²) in [4.78, 5) is 23.2. The summed E-state index contributed by atoms with van der Waals surface area (Å²) in [5.74, 6) is 0.834. The molecule has 1 amide bonds. The summed E-state index contributed by atoms with van der Waals surface area (Å²) in [5.41, 5.74) is 3.78. The van der Waals surface area contributed by atoms with Crippen LogP contribution in [-0.4, -0.2) is 25.1 Å². The zero-order valence-corrected chi connectivity index (χ0v) is 19.9. The third kappa shape index (κ3) is 4.97. The summed E-state index contributed by atoms with van der Waals surface area (Å²) in [7, 11) is 3.15. The minimum absolute atomic E-state index is 0.00876. The largest absolute Gasteiger partial charge is 0.497 e. The fraction of sp³-hybridized carbons (Fsp3) is 0.115. The van der Waals surface area contributed by atoms with Gasteiger partial charge >= 0.3 is 0 Å². The van der Waals surface area contributed by atoms with Gasteiger partial charge in [-0.3, -0.25) is 14.9 Å². The normalized spacial score (nSPS) is 11.4. The molecule has 4 rings (SSSR count). The number of amides is 1. The average Bonchev–Trinajstić information content (AvgIpc) is 3.27. The number of rotatable bonds is 7. The number of allylic oxidation sites excluding steroid dienone is 1. The number of hydrogen-bond donors (Lipinski definition) is 1. The number of nitro groups is 1. The molecule has 0 unspecified atom stereocenters. The van der Waals surface area contributed by atoms with Gasteiger partial charge in [-0.2, -0.15) is 0 Å². The number of furan rings is 1. The monoisotopic (exact) mass is 492 g/mol. The molecule has 0 saturated carbocycles. The highest BCUT2D eigenvalue weighted by atomic mass is 35.5. The molecule has 0 atom stereocenters. The Balaban J connectivity index is 1.67. The van der Waals surface area contributed by atoms with Crippen molar-refractivity contribution in [1.82, 2.24) is 0 Å². The van der Waals surface area contributed by atoms with E-state index in [-0.39, 0.29) is 16.4 Å². The molecule has 0 aliphatic heterocycles. The number of carbonyl (C=O) groups is 1. The Morgan fingerprint density at radius 3 is 2.49 bits per heavy atom. The van der Waals surface area contributed by atoms with Crippen LogP contribution >= 0.6 is 11.6 Å². The second-order valence-electron chi connectivity index (χ2n) is 7.67. The molecule has 0 aliphatic rings. The molecule has 0 radical (unpaired) electrons. The quantitative estimate of drug-likeness (QED) is 0.174. The van der Waals surface area contributed by atoms with Crippen molar-refractivity contribution in [3.63, 3.8) is 0 Å². The zero-order valence-electron chi connectivity index (χ0n) is 19.1. The Morgan fingerprint density at radius 2 is 1.83 bits per heavy atom. The van der Waals surface area contributed by atoms with E-state index >= 15 is 0 Å². The van der Waals surface area contributed by atoms with Crippen LogP contribution in [0, 0.1) is 10.1 Å². The summed E-state index contributed by atoms with van der Waals surface area (Å²) in [6.07, 6.45) is 3.08. The summed E-state index contributed by atoms with van der Waals surface area (Å²) in [6, 6.07) is 15.4. The number of nitro benzene ring substituents is 1. The van der Waals surface area contributed by atoms with Gasteiger partial charge in [0.2, 0.25) is 5.91 Å². The van der Waals surface area contributed by atoms with E-state index < -0.39 is 10.8 Å². The van der Waals surface area contributed by atoms with Gasteiger partial charge in [-0.1, -0.05) is 23.7 Å². The molecule has 0 aliphatic carbocycles. The van der Waals surface area contributed by atoms with Crippen molar-refractivity contribution < 1.29 is 23.6 Å². The van der Waals surface area contributed by atoms with Crippen LogP contribution in [0.25, 0.3) is 27.7 Å². The van der Waals surface area contributed by atoms with Crippen LogP contribution < -0.4 is 14.8 Å². The van der Waals surface area contributed by atoms with Crippen molar-refractivity contribution in [2.45, 2.75) is 6.92 Å². The topological polar surface area (TPSA) is 104 Å². The van der Waals surface area contributed by atoms with E-state index in [1.807, 2.05) is 30.3 Å². The number of methoxy groups -OCH3 is 2. The van der Waals surface area contributed by atoms with Gasteiger partial charge in [0.25, 0.3) is 5.69 Å². The molecular weight excluding hydrogens is 472 g/mol. The van der Waals surface area contributed by atoms with Crippen LogP contribution in [0.4, 0.5) is 11.4 Å². The third-order valence-electron chi connectivity index (χ3n) is 5.48. The number of benzene rings is 3. The van der Waals surface area contributed by atoms with Gasteiger partial charge in [0, 0.05) is 40.4 Å². The number of hydrogen-bond acceptors (Lipinski definition) is 6. The molecule has 9 heteroatoms. The predicted octanol–water partition coefficient (Wildman–Crippen LogP) is 6.72. The zero-order chi connectivity index (χ0) is 25.1. The molecule has 1 N–H and O–H groups in total. The van der Waals surface area contributed by atoms with Crippen LogP contribution in [-0.2, 0) is 4.79 Å². The lowest BCUT2D eigenvalue weighted by Crippen LogP contribution is -2.09. The van der Waals surface area contributed by atoms with Crippen molar-refractivity contribution in [3.8, 4) is 22.6 Å². The second-order valence-corrected chi connectivity index (χ2v) is 8.07. The van der Waals surface area contributed by atoms with Crippen LogP contribution in [0.1, 0.15) is 12.5 Å². The summed E-state index contributed by atoms with van der Waals surface area (Å²) in [5, 5.41) is 14.6. The van der Waals surface area contributed by atoms with E-state index in [1.165, 1.54) is 31.4 Å².